The molecule has 0 spiro atoms. The van der Waals surface area contributed by atoms with Gasteiger partial charge in [-0.25, -0.2) is 4.79 Å². The SMILES string of the molecule is Cc1ccc(NC(=O)C2CCN(C(=O)N(C)C)CC2)cc1[N+](=O)[O-]. The molecule has 0 atom stereocenters. The van der Waals surface area contributed by atoms with Crippen LogP contribution in [0.25, 0.3) is 0 Å². The van der Waals surface area contributed by atoms with E-state index in [2.05, 4.69) is 5.32 Å². The third-order valence-corrected chi connectivity index (χ3v) is 4.19. The minimum absolute atomic E-state index is 0.0146. The Morgan fingerprint density at radius 3 is 2.46 bits per heavy atom. The van der Waals surface area contributed by atoms with Crippen molar-refractivity contribution >= 4 is 23.3 Å². The summed E-state index contributed by atoms with van der Waals surface area (Å²) in [6.07, 6.45) is 1.17. The molecule has 2 rings (SSSR count). The van der Waals surface area contributed by atoms with Crippen molar-refractivity contribution in [3.63, 3.8) is 0 Å². The van der Waals surface area contributed by atoms with Gasteiger partial charge >= 0.3 is 6.03 Å². The van der Waals surface area contributed by atoms with E-state index in [0.29, 0.717) is 37.2 Å². The molecule has 0 unspecified atom stereocenters. The Hall–Kier alpha value is -2.64. The van der Waals surface area contributed by atoms with E-state index in [-0.39, 0.29) is 23.5 Å². The number of rotatable bonds is 3. The molecule has 0 saturated carbocycles. The number of piperidine rings is 1. The van der Waals surface area contributed by atoms with Crippen molar-refractivity contribution in [3.8, 4) is 0 Å². The Labute approximate surface area is 140 Å². The lowest BCUT2D eigenvalue weighted by Crippen LogP contribution is -2.45. The molecule has 0 aliphatic carbocycles. The van der Waals surface area contributed by atoms with Gasteiger partial charge in [-0.15, -0.1) is 0 Å². The van der Waals surface area contributed by atoms with Crippen molar-refractivity contribution in [2.75, 3.05) is 32.5 Å². The molecule has 1 heterocycles. The second kappa shape index (κ2) is 7.29. The minimum Gasteiger partial charge on any atom is -0.331 e. The summed E-state index contributed by atoms with van der Waals surface area (Å²) in [6, 6.07) is 4.60. The predicted molar refractivity (Wildman–Crippen MR) is 89.8 cm³/mol. The van der Waals surface area contributed by atoms with Crippen molar-refractivity contribution in [2.24, 2.45) is 5.92 Å². The van der Waals surface area contributed by atoms with Gasteiger partial charge in [0.05, 0.1) is 4.92 Å². The highest BCUT2D eigenvalue weighted by atomic mass is 16.6. The number of nitro groups is 1. The molecule has 1 fully saturated rings. The van der Waals surface area contributed by atoms with E-state index in [1.807, 2.05) is 0 Å². The first kappa shape index (κ1) is 17.7. The van der Waals surface area contributed by atoms with Crippen LogP contribution in [-0.4, -0.2) is 53.8 Å². The van der Waals surface area contributed by atoms with Crippen molar-refractivity contribution in [1.82, 2.24) is 9.80 Å². The van der Waals surface area contributed by atoms with Gasteiger partial charge in [-0.3, -0.25) is 14.9 Å². The number of hydrogen-bond acceptors (Lipinski definition) is 4. The van der Waals surface area contributed by atoms with Gasteiger partial charge in [-0.1, -0.05) is 6.07 Å². The van der Waals surface area contributed by atoms with Crippen LogP contribution < -0.4 is 5.32 Å². The number of likely N-dealkylation sites (tertiary alicyclic amines) is 1. The van der Waals surface area contributed by atoms with Gasteiger partial charge in [0.2, 0.25) is 5.91 Å². The first-order valence-electron chi connectivity index (χ1n) is 7.81. The molecule has 1 aromatic carbocycles. The quantitative estimate of drug-likeness (QED) is 0.677. The van der Waals surface area contributed by atoms with Gasteiger partial charge in [-0.2, -0.15) is 0 Å². The van der Waals surface area contributed by atoms with Crippen LogP contribution in [0.5, 0.6) is 0 Å². The highest BCUT2D eigenvalue weighted by Gasteiger charge is 2.28. The van der Waals surface area contributed by atoms with Crippen molar-refractivity contribution in [2.45, 2.75) is 19.8 Å². The zero-order valence-corrected chi connectivity index (χ0v) is 14.1. The van der Waals surface area contributed by atoms with Gasteiger partial charge in [0.15, 0.2) is 0 Å². The first-order chi connectivity index (χ1) is 11.3. The van der Waals surface area contributed by atoms with Gasteiger partial charge in [0, 0.05) is 50.4 Å². The number of carbonyl (C=O) groups is 2. The summed E-state index contributed by atoms with van der Waals surface area (Å²) in [5.41, 5.74) is 0.955. The van der Waals surface area contributed by atoms with E-state index in [9.17, 15) is 19.7 Å². The predicted octanol–water partition coefficient (Wildman–Crippen LogP) is 2.24. The van der Waals surface area contributed by atoms with Crippen LogP contribution in [0.3, 0.4) is 0 Å². The highest BCUT2D eigenvalue weighted by Crippen LogP contribution is 2.24. The average Bonchev–Trinajstić information content (AvgIpc) is 2.55. The molecule has 0 bridgehead atoms. The molecule has 8 heteroatoms. The number of carbonyl (C=O) groups excluding carboxylic acids is 2. The minimum atomic E-state index is -0.462. The number of anilines is 1. The fourth-order valence-electron chi connectivity index (χ4n) is 2.74. The van der Waals surface area contributed by atoms with Gasteiger partial charge < -0.3 is 15.1 Å². The highest BCUT2D eigenvalue weighted by molar-refractivity contribution is 5.93. The number of aryl methyl sites for hydroxylation is 1. The second-order valence-electron chi connectivity index (χ2n) is 6.19. The topological polar surface area (TPSA) is 95.8 Å². The molecule has 1 aromatic rings. The van der Waals surface area contributed by atoms with Crippen LogP contribution in [0.15, 0.2) is 18.2 Å². The van der Waals surface area contributed by atoms with Gasteiger partial charge in [0.1, 0.15) is 0 Å². The van der Waals surface area contributed by atoms with E-state index in [4.69, 9.17) is 0 Å². The fourth-order valence-corrected chi connectivity index (χ4v) is 2.74. The monoisotopic (exact) mass is 334 g/mol. The van der Waals surface area contributed by atoms with Crippen LogP contribution in [0.2, 0.25) is 0 Å². The third kappa shape index (κ3) is 4.01. The third-order valence-electron chi connectivity index (χ3n) is 4.19. The molecule has 1 N–H and O–H groups in total. The summed E-state index contributed by atoms with van der Waals surface area (Å²) in [5.74, 6) is -0.360. The smallest absolute Gasteiger partial charge is 0.319 e. The van der Waals surface area contributed by atoms with Crippen molar-refractivity contribution < 1.29 is 14.5 Å². The van der Waals surface area contributed by atoms with Crippen molar-refractivity contribution in [1.29, 1.82) is 0 Å². The lowest BCUT2D eigenvalue weighted by atomic mass is 9.96. The summed E-state index contributed by atoms with van der Waals surface area (Å²) in [5, 5.41) is 13.7. The number of nitrogens with zero attached hydrogens (tertiary/aromatic N) is 3. The summed E-state index contributed by atoms with van der Waals surface area (Å²) >= 11 is 0. The first-order valence-corrected chi connectivity index (χ1v) is 7.81. The standard InChI is InChI=1S/C16H22N4O4/c1-11-4-5-13(10-14(11)20(23)24)17-15(21)12-6-8-19(9-7-12)16(22)18(2)3/h4-5,10,12H,6-9H2,1-3H3,(H,17,21). The summed E-state index contributed by atoms with van der Waals surface area (Å²) in [4.78, 5) is 38.0. The number of hydrogen-bond donors (Lipinski definition) is 1. The Morgan fingerprint density at radius 2 is 1.92 bits per heavy atom. The fraction of sp³-hybridized carbons (Fsp3) is 0.500. The number of nitrogens with one attached hydrogen (secondary N) is 1. The van der Waals surface area contributed by atoms with Crippen LogP contribution in [-0.2, 0) is 4.79 Å². The maximum Gasteiger partial charge on any atom is 0.319 e. The molecule has 24 heavy (non-hydrogen) atoms. The summed E-state index contributed by atoms with van der Waals surface area (Å²) in [7, 11) is 3.40. The molecule has 130 valence electrons. The Morgan fingerprint density at radius 1 is 1.29 bits per heavy atom. The van der Waals surface area contributed by atoms with E-state index in [0.717, 1.165) is 0 Å². The van der Waals surface area contributed by atoms with Crippen LogP contribution in [0.4, 0.5) is 16.2 Å². The Balaban J connectivity index is 1.96. The van der Waals surface area contributed by atoms with Gasteiger partial charge in [0.25, 0.3) is 5.69 Å². The van der Waals surface area contributed by atoms with E-state index < -0.39 is 4.92 Å². The molecule has 0 radical (unpaired) electrons. The normalized spacial score (nSPS) is 15.0. The lowest BCUT2D eigenvalue weighted by Gasteiger charge is -2.33. The number of amides is 3. The second-order valence-corrected chi connectivity index (χ2v) is 6.19. The Kier molecular flexibility index (Phi) is 5.38. The summed E-state index contributed by atoms with van der Waals surface area (Å²) in [6.45, 7) is 2.72. The lowest BCUT2D eigenvalue weighted by molar-refractivity contribution is -0.385. The summed E-state index contributed by atoms with van der Waals surface area (Å²) < 4.78 is 0. The van der Waals surface area contributed by atoms with Crippen LogP contribution in [0.1, 0.15) is 18.4 Å². The molecule has 1 aliphatic rings. The van der Waals surface area contributed by atoms with Gasteiger partial charge in [-0.05, 0) is 25.8 Å². The Bertz CT molecular complexity index is 651. The largest absolute Gasteiger partial charge is 0.331 e. The number of benzene rings is 1. The molecule has 3 amide bonds. The maximum atomic E-state index is 12.3. The van der Waals surface area contributed by atoms with Crippen molar-refractivity contribution in [3.05, 3.63) is 33.9 Å². The van der Waals surface area contributed by atoms with E-state index >= 15 is 0 Å². The molecular formula is C16H22N4O4. The molecule has 1 aliphatic heterocycles. The zero-order chi connectivity index (χ0) is 17.9. The number of urea groups is 1. The maximum absolute atomic E-state index is 12.3. The molecule has 0 aromatic heterocycles. The number of nitro benzene ring substituents is 1. The van der Waals surface area contributed by atoms with E-state index in [1.54, 1.807) is 38.1 Å². The molecular weight excluding hydrogens is 312 g/mol. The zero-order valence-electron chi connectivity index (χ0n) is 14.1. The molecule has 8 nitrogen and oxygen atoms in total. The van der Waals surface area contributed by atoms with E-state index in [1.165, 1.54) is 11.0 Å². The van der Waals surface area contributed by atoms with Crippen LogP contribution in [0, 0.1) is 23.0 Å². The molecule has 1 saturated heterocycles. The van der Waals surface area contributed by atoms with Crippen LogP contribution >= 0.6 is 0 Å². The average molecular weight is 334 g/mol.